The van der Waals surface area contributed by atoms with Gasteiger partial charge in [0, 0.05) is 48.8 Å². The van der Waals surface area contributed by atoms with E-state index in [1.165, 1.54) is 12.2 Å². The molecule has 0 unspecified atom stereocenters. The molecule has 0 spiro atoms. The van der Waals surface area contributed by atoms with Crippen molar-refractivity contribution >= 4 is 41.0 Å². The molecule has 0 aliphatic carbocycles. The fourth-order valence-electron chi connectivity index (χ4n) is 5.57. The van der Waals surface area contributed by atoms with E-state index in [9.17, 15) is 9.59 Å². The third-order valence-corrected chi connectivity index (χ3v) is 8.52. The van der Waals surface area contributed by atoms with Crippen LogP contribution in [0.3, 0.4) is 0 Å². The first-order valence-electron chi connectivity index (χ1n) is 14.7. The average Bonchev–Trinajstić information content (AvgIpc) is 3.45. The third kappa shape index (κ3) is 7.10. The Kier molecular flexibility index (Phi) is 10.3. The highest BCUT2D eigenvalue weighted by Gasteiger charge is 2.45. The van der Waals surface area contributed by atoms with Crippen molar-refractivity contribution in [2.75, 3.05) is 53.5 Å². The molecule has 1 fully saturated rings. The minimum absolute atomic E-state index is 0.154. The van der Waals surface area contributed by atoms with E-state index in [2.05, 4.69) is 5.92 Å². The van der Waals surface area contributed by atoms with Gasteiger partial charge in [-0.3, -0.25) is 24.4 Å². The normalized spacial score (nSPS) is 18.4. The number of halogens is 2. The second-order valence-corrected chi connectivity index (χ2v) is 11.6. The Morgan fingerprint density at radius 3 is 2.18 bits per heavy atom. The van der Waals surface area contributed by atoms with Gasteiger partial charge in [0.1, 0.15) is 17.6 Å². The van der Waals surface area contributed by atoms with E-state index in [-0.39, 0.29) is 18.5 Å². The molecule has 2 aliphatic rings. The quantitative estimate of drug-likeness (QED) is 0.232. The van der Waals surface area contributed by atoms with E-state index >= 15 is 0 Å². The maximum absolute atomic E-state index is 14.7. The van der Waals surface area contributed by atoms with Gasteiger partial charge in [-0.05, 0) is 60.5 Å². The van der Waals surface area contributed by atoms with Crippen LogP contribution in [0.1, 0.15) is 41.3 Å². The minimum atomic E-state index is -0.498. The summed E-state index contributed by atoms with van der Waals surface area (Å²) in [5, 5.41) is 2.40. The molecule has 5 rings (SSSR count). The molecule has 234 valence electrons. The molecule has 45 heavy (non-hydrogen) atoms. The molecule has 1 saturated heterocycles. The van der Waals surface area contributed by atoms with Gasteiger partial charge in [0.15, 0.2) is 0 Å². The number of aliphatic imine (C=N–C) groups is 1. The number of carbonyl (C=O) groups is 2. The number of nitrogens with zero attached hydrogens (tertiary/aromatic N) is 5. The van der Waals surface area contributed by atoms with E-state index in [0.29, 0.717) is 65.5 Å². The Morgan fingerprint density at radius 2 is 1.60 bits per heavy atom. The van der Waals surface area contributed by atoms with Gasteiger partial charge in [-0.15, -0.1) is 6.42 Å². The average molecular weight is 649 g/mol. The largest absolute Gasteiger partial charge is 0.493 e. The summed E-state index contributed by atoms with van der Waals surface area (Å²) in [7, 11) is 3.03. The summed E-state index contributed by atoms with van der Waals surface area (Å²) in [5.41, 5.74) is 3.09. The summed E-state index contributed by atoms with van der Waals surface area (Å²) in [4.78, 5) is 42.9. The van der Waals surface area contributed by atoms with Crippen LogP contribution >= 0.6 is 23.2 Å². The lowest BCUT2D eigenvalue weighted by molar-refractivity contribution is -0.170. The number of amidine groups is 1. The molecule has 0 saturated carbocycles. The Bertz CT molecular complexity index is 1600. The zero-order valence-electron chi connectivity index (χ0n) is 25.5. The van der Waals surface area contributed by atoms with E-state index in [1.807, 2.05) is 72.5 Å². The number of ether oxygens (including phenoxy) is 1. The van der Waals surface area contributed by atoms with Crippen LogP contribution in [0, 0.1) is 12.3 Å². The lowest BCUT2D eigenvalue weighted by Gasteiger charge is -2.39. The molecule has 0 bridgehead atoms. The van der Waals surface area contributed by atoms with E-state index < -0.39 is 12.1 Å². The zero-order chi connectivity index (χ0) is 32.1. The standard InChI is InChI=1S/C34H35Cl2N5O4/c1-5-23-7-16-28(29(21-23)45-6-2)33-37-31(24-8-12-26(35)13-9-24)32(25-10-14-27(36)15-11-25)41(33)34(43)40-19-17-39(18-20-40)22-30(42)38(3)44-4/h1,7-16,21,31-32H,6,17-20,22H2,2-4H3/t31-,32+/m0/s1. The van der Waals surface area contributed by atoms with E-state index in [0.717, 1.165) is 11.1 Å². The molecule has 0 aromatic heterocycles. The molecule has 11 heteroatoms. The van der Waals surface area contributed by atoms with Gasteiger partial charge in [-0.25, -0.2) is 9.86 Å². The van der Waals surface area contributed by atoms with Crippen LogP contribution in [0.2, 0.25) is 10.0 Å². The highest BCUT2D eigenvalue weighted by atomic mass is 35.5. The predicted molar refractivity (Wildman–Crippen MR) is 175 cm³/mol. The Labute approximate surface area is 273 Å². The predicted octanol–water partition coefficient (Wildman–Crippen LogP) is 5.68. The SMILES string of the molecule is C#Cc1ccc(C2=N[C@@H](c3ccc(Cl)cc3)[C@@H](c3ccc(Cl)cc3)N2C(=O)N2CCN(CC(=O)N(C)OC)CC2)c(OCC)c1. The van der Waals surface area contributed by atoms with E-state index in [4.69, 9.17) is 44.2 Å². The van der Waals surface area contributed by atoms with Gasteiger partial charge in [0.25, 0.3) is 5.91 Å². The van der Waals surface area contributed by atoms with Crippen molar-refractivity contribution in [2.45, 2.75) is 19.0 Å². The van der Waals surface area contributed by atoms with Gasteiger partial charge in [-0.2, -0.15) is 0 Å². The highest BCUT2D eigenvalue weighted by Crippen LogP contribution is 2.45. The first-order chi connectivity index (χ1) is 21.7. The van der Waals surface area contributed by atoms with Crippen molar-refractivity contribution in [3.05, 3.63) is 99.0 Å². The third-order valence-electron chi connectivity index (χ3n) is 8.01. The summed E-state index contributed by atoms with van der Waals surface area (Å²) in [6, 6.07) is 19.3. The van der Waals surface area contributed by atoms with Gasteiger partial charge in [-0.1, -0.05) is 53.4 Å². The molecule has 2 heterocycles. The first kappa shape index (κ1) is 32.3. The molecular weight excluding hydrogens is 613 g/mol. The van der Waals surface area contributed by atoms with Gasteiger partial charge in [0.05, 0.1) is 31.9 Å². The monoisotopic (exact) mass is 647 g/mol. The lowest BCUT2D eigenvalue weighted by Crippen LogP contribution is -2.55. The van der Waals surface area contributed by atoms with Crippen LogP contribution in [0.25, 0.3) is 0 Å². The number of rotatable bonds is 8. The summed E-state index contributed by atoms with van der Waals surface area (Å²) >= 11 is 12.6. The molecular formula is C34H35Cl2N5O4. The van der Waals surface area contributed by atoms with Crippen LogP contribution in [-0.4, -0.2) is 91.0 Å². The van der Waals surface area contributed by atoms with Crippen molar-refractivity contribution in [1.29, 1.82) is 0 Å². The number of terminal acetylenes is 1. The molecule has 2 atom stereocenters. The molecule has 3 amide bonds. The second-order valence-electron chi connectivity index (χ2n) is 10.7. The number of carbonyl (C=O) groups excluding carboxylic acids is 2. The number of amides is 3. The lowest BCUT2D eigenvalue weighted by atomic mass is 9.93. The maximum atomic E-state index is 14.7. The van der Waals surface area contributed by atoms with Crippen LogP contribution in [-0.2, 0) is 9.63 Å². The smallest absolute Gasteiger partial charge is 0.326 e. The number of hydrogen-bond acceptors (Lipinski definition) is 6. The number of benzene rings is 3. The van der Waals surface area contributed by atoms with Crippen molar-refractivity contribution in [3.8, 4) is 18.1 Å². The topological polar surface area (TPSA) is 77.9 Å². The first-order valence-corrected chi connectivity index (χ1v) is 15.4. The van der Waals surface area contributed by atoms with Gasteiger partial charge >= 0.3 is 6.03 Å². The number of hydrogen-bond donors (Lipinski definition) is 0. The molecule has 9 nitrogen and oxygen atoms in total. The van der Waals surface area contributed by atoms with Crippen molar-refractivity contribution in [3.63, 3.8) is 0 Å². The minimum Gasteiger partial charge on any atom is -0.493 e. The summed E-state index contributed by atoms with van der Waals surface area (Å²) in [6.07, 6.45) is 5.71. The van der Waals surface area contributed by atoms with Crippen LogP contribution in [0.5, 0.6) is 5.75 Å². The Hall–Kier alpha value is -4.07. The maximum Gasteiger partial charge on any atom is 0.326 e. The van der Waals surface area contributed by atoms with Crippen molar-refractivity contribution in [2.24, 2.45) is 4.99 Å². The molecule has 0 radical (unpaired) electrons. The van der Waals surface area contributed by atoms with Gasteiger partial charge in [0.2, 0.25) is 0 Å². The fraction of sp³-hybridized carbons (Fsp3) is 0.324. The number of piperazine rings is 1. The number of hydroxylamine groups is 2. The molecule has 2 aliphatic heterocycles. The summed E-state index contributed by atoms with van der Waals surface area (Å²) in [5.74, 6) is 3.53. The number of likely N-dealkylation sites (N-methyl/N-ethyl adjacent to an activating group) is 1. The Morgan fingerprint density at radius 1 is 0.978 bits per heavy atom. The van der Waals surface area contributed by atoms with Gasteiger partial charge < -0.3 is 9.64 Å². The summed E-state index contributed by atoms with van der Waals surface area (Å²) < 4.78 is 6.04. The Balaban J connectivity index is 1.56. The van der Waals surface area contributed by atoms with Crippen LogP contribution in [0.15, 0.2) is 71.7 Å². The fourth-order valence-corrected chi connectivity index (χ4v) is 5.82. The molecule has 3 aromatic rings. The second kappa shape index (κ2) is 14.4. The summed E-state index contributed by atoms with van der Waals surface area (Å²) in [6.45, 7) is 4.43. The van der Waals surface area contributed by atoms with Crippen LogP contribution < -0.4 is 4.74 Å². The zero-order valence-corrected chi connectivity index (χ0v) is 27.0. The van der Waals surface area contributed by atoms with E-state index in [1.54, 1.807) is 22.9 Å². The van der Waals surface area contributed by atoms with Crippen LogP contribution in [0.4, 0.5) is 4.79 Å². The van der Waals surface area contributed by atoms with Crippen molar-refractivity contribution in [1.82, 2.24) is 19.8 Å². The highest BCUT2D eigenvalue weighted by molar-refractivity contribution is 6.30. The van der Waals surface area contributed by atoms with Crippen molar-refractivity contribution < 1.29 is 19.2 Å². The molecule has 3 aromatic carbocycles. The molecule has 0 N–H and O–H groups in total. The number of urea groups is 1.